The Morgan fingerprint density at radius 2 is 2.29 bits per heavy atom. The fraction of sp³-hybridized carbons (Fsp3) is 0.400. The average Bonchev–Trinajstić information content (AvgIpc) is 2.76. The number of anilines is 1. The van der Waals surface area contributed by atoms with Crippen LogP contribution in [0.25, 0.3) is 0 Å². The first-order chi connectivity index (χ1) is 8.29. The van der Waals surface area contributed by atoms with Gasteiger partial charge in [-0.3, -0.25) is 0 Å². The molecule has 1 N–H and O–H groups in total. The molecular formula is C10H14N6O. The SMILES string of the molecule is COc1cc(NCCc2nncn2C)ncn1. The summed E-state index contributed by atoms with van der Waals surface area (Å²) in [6, 6.07) is 1.75. The predicted octanol–water partition coefficient (Wildman–Crippen LogP) is 0.268. The number of aryl methyl sites for hydroxylation is 1. The number of aromatic nitrogens is 5. The van der Waals surface area contributed by atoms with Crippen LogP contribution in [0.5, 0.6) is 5.88 Å². The van der Waals surface area contributed by atoms with Crippen LogP contribution in [-0.4, -0.2) is 38.4 Å². The zero-order valence-corrected chi connectivity index (χ0v) is 9.79. The van der Waals surface area contributed by atoms with Gasteiger partial charge >= 0.3 is 0 Å². The van der Waals surface area contributed by atoms with Crippen LogP contribution in [0.2, 0.25) is 0 Å². The number of nitrogens with one attached hydrogen (secondary N) is 1. The first kappa shape index (κ1) is 11.3. The number of methoxy groups -OCH3 is 1. The van der Waals surface area contributed by atoms with Crippen LogP contribution < -0.4 is 10.1 Å². The van der Waals surface area contributed by atoms with Crippen molar-refractivity contribution in [3.05, 3.63) is 24.5 Å². The van der Waals surface area contributed by atoms with Crippen molar-refractivity contribution in [2.45, 2.75) is 6.42 Å². The van der Waals surface area contributed by atoms with E-state index in [0.29, 0.717) is 5.88 Å². The van der Waals surface area contributed by atoms with E-state index in [9.17, 15) is 0 Å². The fourth-order valence-corrected chi connectivity index (χ4v) is 1.38. The lowest BCUT2D eigenvalue weighted by atomic mass is 10.4. The molecule has 17 heavy (non-hydrogen) atoms. The van der Waals surface area contributed by atoms with Crippen molar-refractivity contribution in [3.8, 4) is 5.88 Å². The topological polar surface area (TPSA) is 77.8 Å². The van der Waals surface area contributed by atoms with Crippen molar-refractivity contribution < 1.29 is 4.74 Å². The summed E-state index contributed by atoms with van der Waals surface area (Å²) in [7, 11) is 3.49. The van der Waals surface area contributed by atoms with Gasteiger partial charge in [-0.05, 0) is 0 Å². The highest BCUT2D eigenvalue weighted by Gasteiger charge is 2.01. The number of nitrogens with zero attached hydrogens (tertiary/aromatic N) is 5. The highest BCUT2D eigenvalue weighted by atomic mass is 16.5. The molecule has 2 aromatic heterocycles. The minimum atomic E-state index is 0.543. The fourth-order valence-electron chi connectivity index (χ4n) is 1.38. The molecule has 0 bridgehead atoms. The van der Waals surface area contributed by atoms with Crippen molar-refractivity contribution in [3.63, 3.8) is 0 Å². The van der Waals surface area contributed by atoms with Gasteiger partial charge in [0.15, 0.2) is 0 Å². The molecule has 0 unspecified atom stereocenters. The quantitative estimate of drug-likeness (QED) is 0.800. The summed E-state index contributed by atoms with van der Waals surface area (Å²) >= 11 is 0. The molecule has 90 valence electrons. The van der Waals surface area contributed by atoms with Crippen LogP contribution in [0.1, 0.15) is 5.82 Å². The molecule has 0 aliphatic heterocycles. The van der Waals surface area contributed by atoms with Crippen LogP contribution >= 0.6 is 0 Å². The zero-order valence-electron chi connectivity index (χ0n) is 9.79. The second-order valence-electron chi connectivity index (χ2n) is 3.48. The van der Waals surface area contributed by atoms with Crippen molar-refractivity contribution >= 4 is 5.82 Å². The van der Waals surface area contributed by atoms with E-state index in [1.807, 2.05) is 11.6 Å². The van der Waals surface area contributed by atoms with Crippen molar-refractivity contribution in [1.29, 1.82) is 0 Å². The van der Waals surface area contributed by atoms with Gasteiger partial charge in [0.25, 0.3) is 0 Å². The summed E-state index contributed by atoms with van der Waals surface area (Å²) in [5.74, 6) is 2.21. The van der Waals surface area contributed by atoms with Crippen LogP contribution in [0, 0.1) is 0 Å². The first-order valence-electron chi connectivity index (χ1n) is 5.22. The van der Waals surface area contributed by atoms with Crippen molar-refractivity contribution in [2.24, 2.45) is 7.05 Å². The van der Waals surface area contributed by atoms with Gasteiger partial charge in [-0.2, -0.15) is 0 Å². The summed E-state index contributed by atoms with van der Waals surface area (Å²) in [4.78, 5) is 8.01. The molecule has 0 radical (unpaired) electrons. The van der Waals surface area contributed by atoms with Gasteiger partial charge < -0.3 is 14.6 Å². The summed E-state index contributed by atoms with van der Waals surface area (Å²) in [6.45, 7) is 0.729. The van der Waals surface area contributed by atoms with Gasteiger partial charge in [-0.1, -0.05) is 0 Å². The molecule has 2 rings (SSSR count). The summed E-state index contributed by atoms with van der Waals surface area (Å²) in [5, 5.41) is 11.0. The summed E-state index contributed by atoms with van der Waals surface area (Å²) < 4.78 is 6.90. The molecule has 0 spiro atoms. The Kier molecular flexibility index (Phi) is 3.49. The Balaban J connectivity index is 1.87. The normalized spacial score (nSPS) is 10.2. The molecular weight excluding hydrogens is 220 g/mol. The number of rotatable bonds is 5. The molecule has 0 aliphatic rings. The molecule has 0 saturated heterocycles. The van der Waals surface area contributed by atoms with E-state index in [-0.39, 0.29) is 0 Å². The van der Waals surface area contributed by atoms with Gasteiger partial charge in [0.1, 0.15) is 24.3 Å². The third-order valence-electron chi connectivity index (χ3n) is 2.31. The lowest BCUT2D eigenvalue weighted by Crippen LogP contribution is -2.09. The number of hydrogen-bond acceptors (Lipinski definition) is 6. The van der Waals surface area contributed by atoms with Crippen molar-refractivity contribution in [2.75, 3.05) is 19.0 Å². The molecule has 7 nitrogen and oxygen atoms in total. The maximum atomic E-state index is 5.01. The lowest BCUT2D eigenvalue weighted by molar-refractivity contribution is 0.397. The molecule has 0 saturated carbocycles. The van der Waals surface area contributed by atoms with Gasteiger partial charge in [0.05, 0.1) is 7.11 Å². The smallest absolute Gasteiger partial charge is 0.218 e. The lowest BCUT2D eigenvalue weighted by Gasteiger charge is -2.05. The van der Waals surface area contributed by atoms with Gasteiger partial charge in [0, 0.05) is 26.1 Å². The van der Waals surface area contributed by atoms with E-state index in [1.54, 1.807) is 19.5 Å². The van der Waals surface area contributed by atoms with Crippen LogP contribution in [-0.2, 0) is 13.5 Å². The molecule has 0 aliphatic carbocycles. The third-order valence-corrected chi connectivity index (χ3v) is 2.31. The van der Waals surface area contributed by atoms with E-state index >= 15 is 0 Å². The Hall–Kier alpha value is -2.18. The Labute approximate surface area is 98.9 Å². The average molecular weight is 234 g/mol. The van der Waals surface area contributed by atoms with E-state index < -0.39 is 0 Å². The minimum Gasteiger partial charge on any atom is -0.481 e. The standard InChI is InChI=1S/C10H14N6O/c1-16-7-14-15-9(16)3-4-11-8-5-10(17-2)13-6-12-8/h5-7H,3-4H2,1-2H3,(H,11,12,13). The molecule has 0 aromatic carbocycles. The molecule has 0 amide bonds. The molecule has 7 heteroatoms. The van der Waals surface area contributed by atoms with Gasteiger partial charge in [0.2, 0.25) is 5.88 Å². The van der Waals surface area contributed by atoms with Crippen LogP contribution in [0.3, 0.4) is 0 Å². The Morgan fingerprint density at radius 3 is 3.00 bits per heavy atom. The van der Waals surface area contributed by atoms with E-state index in [2.05, 4.69) is 25.5 Å². The summed E-state index contributed by atoms with van der Waals surface area (Å²) in [6.07, 6.45) is 3.93. The summed E-state index contributed by atoms with van der Waals surface area (Å²) in [5.41, 5.74) is 0. The van der Waals surface area contributed by atoms with E-state index in [4.69, 9.17) is 4.74 Å². The molecule has 0 fully saturated rings. The highest BCUT2D eigenvalue weighted by Crippen LogP contribution is 2.09. The Morgan fingerprint density at radius 1 is 1.41 bits per heavy atom. The second-order valence-corrected chi connectivity index (χ2v) is 3.48. The molecule has 2 aromatic rings. The predicted molar refractivity (Wildman–Crippen MR) is 61.8 cm³/mol. The zero-order chi connectivity index (χ0) is 12.1. The molecule has 2 heterocycles. The number of ether oxygens (including phenoxy) is 1. The Bertz CT molecular complexity index is 483. The maximum absolute atomic E-state index is 5.01. The second kappa shape index (κ2) is 5.24. The van der Waals surface area contributed by atoms with E-state index in [0.717, 1.165) is 24.6 Å². The third kappa shape index (κ3) is 2.90. The first-order valence-corrected chi connectivity index (χ1v) is 5.22. The van der Waals surface area contributed by atoms with Gasteiger partial charge in [-0.15, -0.1) is 10.2 Å². The van der Waals surface area contributed by atoms with Crippen LogP contribution in [0.15, 0.2) is 18.7 Å². The largest absolute Gasteiger partial charge is 0.481 e. The monoisotopic (exact) mass is 234 g/mol. The molecule has 0 atom stereocenters. The van der Waals surface area contributed by atoms with Crippen molar-refractivity contribution in [1.82, 2.24) is 24.7 Å². The van der Waals surface area contributed by atoms with Gasteiger partial charge in [-0.25, -0.2) is 9.97 Å². The maximum Gasteiger partial charge on any atom is 0.218 e. The number of hydrogen-bond donors (Lipinski definition) is 1. The minimum absolute atomic E-state index is 0.543. The van der Waals surface area contributed by atoms with Crippen LogP contribution in [0.4, 0.5) is 5.82 Å². The highest BCUT2D eigenvalue weighted by molar-refractivity contribution is 5.36. The van der Waals surface area contributed by atoms with E-state index in [1.165, 1.54) is 6.33 Å².